The molecule has 0 spiro atoms. The molecule has 13 heteroatoms. The van der Waals surface area contributed by atoms with Crippen molar-refractivity contribution in [2.45, 2.75) is 67.8 Å². The quantitative estimate of drug-likeness (QED) is 0.264. The number of aliphatic hydroxyl groups excluding tert-OH is 1. The number of amides is 1. The van der Waals surface area contributed by atoms with Gasteiger partial charge in [-0.3, -0.25) is 0 Å². The van der Waals surface area contributed by atoms with Crippen LogP contribution in [0.1, 0.15) is 60.8 Å². The Morgan fingerprint density at radius 1 is 1.00 bits per heavy atom. The van der Waals surface area contributed by atoms with E-state index in [1.165, 1.54) is 29.2 Å². The normalized spacial score (nSPS) is 13.7. The number of hydrogen-bond acceptors (Lipinski definition) is 6. The molecule has 0 fully saturated rings. The molecule has 2 atom stereocenters. The highest BCUT2D eigenvalue weighted by Gasteiger charge is 2.34. The van der Waals surface area contributed by atoms with Crippen molar-refractivity contribution in [2.24, 2.45) is 0 Å². The summed E-state index contributed by atoms with van der Waals surface area (Å²) in [6.07, 6.45) is -6.41. The first-order chi connectivity index (χ1) is 19.8. The fraction of sp³-hybridized carbons (Fsp3) is 0.333. The van der Waals surface area contributed by atoms with Gasteiger partial charge in [-0.1, -0.05) is 35.9 Å². The van der Waals surface area contributed by atoms with Crippen LogP contribution in [-0.2, 0) is 27.2 Å². The van der Waals surface area contributed by atoms with Crippen LogP contribution in [0.4, 0.5) is 18.0 Å². The summed E-state index contributed by atoms with van der Waals surface area (Å²) in [5.41, 5.74) is -2.03. The molecule has 0 aliphatic rings. The van der Waals surface area contributed by atoms with Crippen molar-refractivity contribution in [1.29, 1.82) is 0 Å². The Morgan fingerprint density at radius 2 is 1.63 bits per heavy atom. The molecule has 0 aliphatic carbocycles. The Morgan fingerprint density at radius 3 is 2.16 bits per heavy atom. The lowest BCUT2D eigenvalue weighted by Gasteiger charge is -2.33. The first-order valence-corrected chi connectivity index (χ1v) is 14.9. The number of aliphatic hydroxyl groups is 1. The maximum absolute atomic E-state index is 13.2. The molecule has 3 rings (SSSR count). The molecular weight excluding hydrogens is 611 g/mol. The number of carbonyl (C=O) groups is 2. The Kier molecular flexibility index (Phi) is 10.2. The van der Waals surface area contributed by atoms with E-state index in [2.05, 4.69) is 0 Å². The number of rotatable bonds is 9. The molecule has 3 aromatic rings. The van der Waals surface area contributed by atoms with Gasteiger partial charge in [0.05, 0.1) is 33.6 Å². The van der Waals surface area contributed by atoms with Gasteiger partial charge in [-0.05, 0) is 87.7 Å². The van der Waals surface area contributed by atoms with E-state index in [9.17, 15) is 41.4 Å². The lowest BCUT2D eigenvalue weighted by atomic mass is 10.0. The van der Waals surface area contributed by atoms with Crippen molar-refractivity contribution >= 4 is 33.5 Å². The van der Waals surface area contributed by atoms with Gasteiger partial charge in [0.1, 0.15) is 5.60 Å². The van der Waals surface area contributed by atoms with E-state index >= 15 is 0 Å². The first kappa shape index (κ1) is 33.9. The number of carboxylic acid groups (broad SMARTS) is 1. The van der Waals surface area contributed by atoms with Crippen LogP contribution in [0.25, 0.3) is 0 Å². The van der Waals surface area contributed by atoms with Crippen LogP contribution in [0.5, 0.6) is 0 Å². The Labute approximate surface area is 252 Å². The lowest BCUT2D eigenvalue weighted by molar-refractivity contribution is -0.137. The van der Waals surface area contributed by atoms with E-state index in [4.69, 9.17) is 16.3 Å². The predicted molar refractivity (Wildman–Crippen MR) is 153 cm³/mol. The minimum Gasteiger partial charge on any atom is -0.478 e. The maximum Gasteiger partial charge on any atom is 0.416 e. The second-order valence-corrected chi connectivity index (χ2v) is 13.3. The highest BCUT2D eigenvalue weighted by molar-refractivity contribution is 7.91. The zero-order chi connectivity index (χ0) is 32.3. The number of nitrogens with zero attached hydrogens (tertiary/aromatic N) is 1. The van der Waals surface area contributed by atoms with Gasteiger partial charge in [-0.2, -0.15) is 13.2 Å². The Bertz CT molecular complexity index is 1590. The summed E-state index contributed by atoms with van der Waals surface area (Å²) in [6, 6.07) is 12.8. The third-order valence-electron chi connectivity index (χ3n) is 6.35. The number of benzene rings is 3. The van der Waals surface area contributed by atoms with Crippen LogP contribution >= 0.6 is 11.6 Å². The average Bonchev–Trinajstić information content (AvgIpc) is 2.89. The fourth-order valence-corrected chi connectivity index (χ4v) is 5.88. The molecule has 0 saturated carbocycles. The molecule has 0 heterocycles. The number of hydrogen-bond donors (Lipinski definition) is 2. The van der Waals surface area contributed by atoms with E-state index in [-0.39, 0.29) is 23.9 Å². The molecule has 0 radical (unpaired) electrons. The van der Waals surface area contributed by atoms with Crippen molar-refractivity contribution in [3.63, 3.8) is 0 Å². The Balaban J connectivity index is 1.87. The summed E-state index contributed by atoms with van der Waals surface area (Å²) < 4.78 is 71.3. The van der Waals surface area contributed by atoms with E-state index in [1.807, 2.05) is 0 Å². The molecule has 0 unspecified atom stereocenters. The number of sulfone groups is 1. The first-order valence-electron chi connectivity index (χ1n) is 13.0. The SMILES string of the molecule is C[C@H](Cc1ccc(S(=O)(=O)c2ccc(C(F)(F)F)cc2C(=O)O)cc1)N(C[C@@H](O)c1cccc(Cl)c1)C(=O)OC(C)(C)C. The Hall–Kier alpha value is -3.61. The number of aromatic carboxylic acids is 1. The van der Waals surface area contributed by atoms with E-state index in [0.29, 0.717) is 28.3 Å². The standard InChI is InChI=1S/C30H31ClF3NO7S/c1-18(35(28(39)42-29(2,3)4)17-25(36)20-6-5-7-22(31)15-20)14-19-8-11-23(12-9-19)43(40,41)26-13-10-21(30(32,33)34)16-24(26)27(37)38/h5-13,15-16,18,25,36H,14,17H2,1-4H3,(H,37,38)/t18-,25-/m1/s1. The fourth-order valence-electron chi connectivity index (χ4n) is 4.25. The van der Waals surface area contributed by atoms with Crippen LogP contribution < -0.4 is 0 Å². The summed E-state index contributed by atoms with van der Waals surface area (Å²) >= 11 is 6.04. The van der Waals surface area contributed by atoms with Gasteiger partial charge >= 0.3 is 18.2 Å². The van der Waals surface area contributed by atoms with Crippen molar-refractivity contribution in [3.8, 4) is 0 Å². The molecule has 8 nitrogen and oxygen atoms in total. The highest BCUT2D eigenvalue weighted by atomic mass is 35.5. The van der Waals surface area contributed by atoms with Crippen LogP contribution in [0.2, 0.25) is 5.02 Å². The number of alkyl halides is 3. The van der Waals surface area contributed by atoms with E-state index in [1.54, 1.807) is 52.0 Å². The number of ether oxygens (including phenoxy) is 1. The minimum atomic E-state index is -4.86. The predicted octanol–water partition coefficient (Wildman–Crippen LogP) is 6.79. The van der Waals surface area contributed by atoms with Crippen LogP contribution in [0, 0.1) is 0 Å². The van der Waals surface area contributed by atoms with Crippen LogP contribution in [0.3, 0.4) is 0 Å². The largest absolute Gasteiger partial charge is 0.478 e. The van der Waals surface area contributed by atoms with Gasteiger partial charge < -0.3 is 19.8 Å². The second kappa shape index (κ2) is 12.9. The molecule has 2 N–H and O–H groups in total. The molecular formula is C30H31ClF3NO7S. The second-order valence-electron chi connectivity index (χ2n) is 10.9. The highest BCUT2D eigenvalue weighted by Crippen LogP contribution is 2.33. The van der Waals surface area contributed by atoms with Gasteiger partial charge in [0.15, 0.2) is 0 Å². The third kappa shape index (κ3) is 8.71. The zero-order valence-electron chi connectivity index (χ0n) is 23.7. The van der Waals surface area contributed by atoms with Gasteiger partial charge in [0.2, 0.25) is 9.84 Å². The molecule has 43 heavy (non-hydrogen) atoms. The van der Waals surface area contributed by atoms with E-state index in [0.717, 1.165) is 0 Å². The topological polar surface area (TPSA) is 121 Å². The van der Waals surface area contributed by atoms with Crippen molar-refractivity contribution < 1.29 is 46.1 Å². The lowest BCUT2D eigenvalue weighted by Crippen LogP contribution is -2.45. The molecule has 0 aromatic heterocycles. The summed E-state index contributed by atoms with van der Waals surface area (Å²) in [5, 5.41) is 20.7. The molecule has 0 bridgehead atoms. The van der Waals surface area contributed by atoms with Crippen LogP contribution in [-0.4, -0.2) is 53.8 Å². The van der Waals surface area contributed by atoms with Gasteiger partial charge in [0.25, 0.3) is 0 Å². The summed E-state index contributed by atoms with van der Waals surface area (Å²) in [5.74, 6) is -1.82. The van der Waals surface area contributed by atoms with Gasteiger partial charge in [-0.15, -0.1) is 0 Å². The minimum absolute atomic E-state index is 0.130. The van der Waals surface area contributed by atoms with Crippen molar-refractivity contribution in [2.75, 3.05) is 6.54 Å². The molecule has 1 amide bonds. The monoisotopic (exact) mass is 641 g/mol. The summed E-state index contributed by atoms with van der Waals surface area (Å²) in [6.45, 7) is 6.70. The maximum atomic E-state index is 13.2. The van der Waals surface area contributed by atoms with Crippen LogP contribution in [0.15, 0.2) is 76.5 Å². The van der Waals surface area contributed by atoms with Crippen molar-refractivity contribution in [1.82, 2.24) is 4.90 Å². The average molecular weight is 642 g/mol. The van der Waals surface area contributed by atoms with Crippen molar-refractivity contribution in [3.05, 3.63) is 94.0 Å². The molecule has 0 saturated heterocycles. The molecule has 0 aliphatic heterocycles. The smallest absolute Gasteiger partial charge is 0.416 e. The zero-order valence-corrected chi connectivity index (χ0v) is 25.3. The summed E-state index contributed by atoms with van der Waals surface area (Å²) in [4.78, 5) is 25.0. The molecule has 3 aromatic carbocycles. The number of carboxylic acids is 1. The summed E-state index contributed by atoms with van der Waals surface area (Å²) in [7, 11) is -4.50. The van der Waals surface area contributed by atoms with E-state index < -0.39 is 61.8 Å². The third-order valence-corrected chi connectivity index (χ3v) is 8.42. The molecule has 232 valence electrons. The van der Waals surface area contributed by atoms with Gasteiger partial charge in [-0.25, -0.2) is 18.0 Å². The number of carbonyl (C=O) groups excluding carboxylic acids is 1. The van der Waals surface area contributed by atoms with Gasteiger partial charge in [0, 0.05) is 11.1 Å². The number of halogens is 4.